The zero-order valence-corrected chi connectivity index (χ0v) is 40.1. The molecule has 0 aromatic carbocycles. The first-order chi connectivity index (χ1) is 31.4. The van der Waals surface area contributed by atoms with Crippen molar-refractivity contribution in [3.8, 4) is 0 Å². The Labute approximate surface area is 393 Å². The minimum absolute atomic E-state index is 0.00819. The highest BCUT2D eigenvalue weighted by Crippen LogP contribution is 2.89. The van der Waals surface area contributed by atoms with Crippen LogP contribution >= 0.6 is 0 Å². The van der Waals surface area contributed by atoms with E-state index in [-0.39, 0.29) is 51.2 Å². The van der Waals surface area contributed by atoms with Crippen LogP contribution in [0.3, 0.4) is 0 Å². The molecular weight excluding hydrogens is 881 g/mol. The van der Waals surface area contributed by atoms with Crippen molar-refractivity contribution < 1.29 is 94.8 Å². The molecule has 13 N–H and O–H groups in total. The summed E-state index contributed by atoms with van der Waals surface area (Å²) in [6, 6.07) is 0. The van der Waals surface area contributed by atoms with Gasteiger partial charge in [-0.15, -0.1) is 0 Å². The van der Waals surface area contributed by atoms with E-state index in [0.29, 0.717) is 25.7 Å². The molecule has 8 rings (SSSR count). The van der Waals surface area contributed by atoms with Gasteiger partial charge in [-0.25, -0.2) is 0 Å². The SMILES string of the molecule is CC(C)[C@H](O)CC[C@@H](C)[C@H]1[C@H](O)C[C@]2(C)[C@@H]3CC[C@@H]4C(C)(C)[C@H](O[C@H]5O[C@@H](CO)[C@H](O)[C@@H](O[C@H]6O[C@@H](CO)[C@H](O)[C@@H](O)[C@@H]6O[C@H]6O[C@@H](CO)[C@H](O)[C@@H](O)[C@@H]6O)[C@@H]5O)CC[C@@]45C[C@@]35[C@@H](O)C[C@]12C. The van der Waals surface area contributed by atoms with Crippen molar-refractivity contribution in [2.45, 2.75) is 223 Å². The molecule has 67 heavy (non-hydrogen) atoms. The third kappa shape index (κ3) is 8.12. The maximum absolute atomic E-state index is 12.6. The largest absolute Gasteiger partial charge is 0.394 e. The molecule has 0 amide bonds. The normalized spacial score (nSPS) is 54.7. The van der Waals surface area contributed by atoms with Crippen LogP contribution in [0.5, 0.6) is 0 Å². The van der Waals surface area contributed by atoms with E-state index in [4.69, 9.17) is 28.4 Å². The van der Waals surface area contributed by atoms with Gasteiger partial charge in [-0.1, -0.05) is 48.5 Å². The molecule has 19 nitrogen and oxygen atoms in total. The molecule has 2 spiro atoms. The van der Waals surface area contributed by atoms with Gasteiger partial charge in [-0.05, 0) is 109 Å². The lowest BCUT2D eigenvalue weighted by atomic mass is 9.41. The van der Waals surface area contributed by atoms with Gasteiger partial charge in [0.15, 0.2) is 18.9 Å². The fourth-order valence-corrected chi connectivity index (χ4v) is 16.0. The highest BCUT2D eigenvalue weighted by atomic mass is 16.8. The number of aliphatic hydroxyl groups is 13. The van der Waals surface area contributed by atoms with Crippen molar-refractivity contribution >= 4 is 0 Å². The zero-order chi connectivity index (χ0) is 49.1. The topological polar surface area (TPSA) is 318 Å². The monoisotopic (exact) mass is 963 g/mol. The molecule has 3 aliphatic heterocycles. The fraction of sp³-hybridized carbons (Fsp3) is 1.00. The smallest absolute Gasteiger partial charge is 0.187 e. The molecule has 8 aliphatic rings. The molecule has 3 saturated heterocycles. The van der Waals surface area contributed by atoms with Crippen molar-refractivity contribution in [2.75, 3.05) is 19.8 Å². The van der Waals surface area contributed by atoms with Crippen LogP contribution in [0, 0.1) is 56.7 Å². The van der Waals surface area contributed by atoms with Crippen LogP contribution < -0.4 is 0 Å². The molecule has 3 heterocycles. The summed E-state index contributed by atoms with van der Waals surface area (Å²) >= 11 is 0. The molecule has 0 unspecified atom stereocenters. The molecule has 0 aromatic heterocycles. The molecule has 19 heteroatoms. The lowest BCUT2D eigenvalue weighted by Gasteiger charge is -2.64. The number of rotatable bonds is 14. The third-order valence-corrected chi connectivity index (χ3v) is 19.8. The first-order valence-corrected chi connectivity index (χ1v) is 25.0. The second-order valence-electron chi connectivity index (χ2n) is 23.6. The maximum atomic E-state index is 12.6. The van der Waals surface area contributed by atoms with Crippen LogP contribution in [0.4, 0.5) is 0 Å². The number of fused-ring (bicyclic) bond motifs is 2. The van der Waals surface area contributed by atoms with E-state index < -0.39 is 142 Å². The fourth-order valence-electron chi connectivity index (χ4n) is 16.0. The average Bonchev–Trinajstić information content (AvgIpc) is 3.92. The summed E-state index contributed by atoms with van der Waals surface area (Å²) in [4.78, 5) is 0. The maximum Gasteiger partial charge on any atom is 0.187 e. The molecule has 27 atom stereocenters. The molecule has 5 saturated carbocycles. The van der Waals surface area contributed by atoms with E-state index in [9.17, 15) is 66.4 Å². The molecule has 0 bridgehead atoms. The molecule has 5 aliphatic carbocycles. The van der Waals surface area contributed by atoms with Crippen molar-refractivity contribution in [1.82, 2.24) is 0 Å². The Bertz CT molecular complexity index is 1710. The van der Waals surface area contributed by atoms with Gasteiger partial charge in [0.05, 0.1) is 44.2 Å². The summed E-state index contributed by atoms with van der Waals surface area (Å²) in [5.41, 5.74) is -1.54. The molecule has 8 fully saturated rings. The summed E-state index contributed by atoms with van der Waals surface area (Å²) in [7, 11) is 0. The first-order valence-electron chi connectivity index (χ1n) is 25.0. The Morgan fingerprint density at radius 1 is 0.567 bits per heavy atom. The van der Waals surface area contributed by atoms with Crippen LogP contribution in [-0.4, -0.2) is 203 Å². The van der Waals surface area contributed by atoms with Crippen LogP contribution in [0.1, 0.15) is 106 Å². The van der Waals surface area contributed by atoms with Gasteiger partial charge >= 0.3 is 0 Å². The minimum Gasteiger partial charge on any atom is -0.394 e. The Hall–Kier alpha value is -0.760. The third-order valence-electron chi connectivity index (χ3n) is 19.8. The zero-order valence-electron chi connectivity index (χ0n) is 40.1. The minimum atomic E-state index is -1.92. The predicted octanol–water partition coefficient (Wildman–Crippen LogP) is -1.37. The van der Waals surface area contributed by atoms with Crippen molar-refractivity contribution in [1.29, 1.82) is 0 Å². The van der Waals surface area contributed by atoms with Gasteiger partial charge < -0.3 is 94.8 Å². The van der Waals surface area contributed by atoms with Gasteiger partial charge in [-0.3, -0.25) is 0 Å². The first kappa shape index (κ1) is 52.6. The van der Waals surface area contributed by atoms with E-state index in [1.807, 2.05) is 13.8 Å². The Kier molecular flexibility index (Phi) is 14.9. The van der Waals surface area contributed by atoms with E-state index >= 15 is 0 Å². The summed E-state index contributed by atoms with van der Waals surface area (Å²) in [6.45, 7) is 12.8. The summed E-state index contributed by atoms with van der Waals surface area (Å²) in [5, 5.41) is 142. The van der Waals surface area contributed by atoms with Crippen molar-refractivity contribution in [2.24, 2.45) is 56.7 Å². The summed E-state index contributed by atoms with van der Waals surface area (Å²) in [6.07, 6.45) is -20.8. The predicted molar refractivity (Wildman–Crippen MR) is 233 cm³/mol. The van der Waals surface area contributed by atoms with E-state index in [1.54, 1.807) is 0 Å². The molecular formula is C48H82O19. The lowest BCUT2D eigenvalue weighted by molar-refractivity contribution is -0.392. The molecule has 388 valence electrons. The van der Waals surface area contributed by atoms with E-state index in [2.05, 4.69) is 34.6 Å². The van der Waals surface area contributed by atoms with Crippen molar-refractivity contribution in [3.63, 3.8) is 0 Å². The summed E-state index contributed by atoms with van der Waals surface area (Å²) < 4.78 is 36.0. The number of hydrogen-bond donors (Lipinski definition) is 13. The van der Waals surface area contributed by atoms with Gasteiger partial charge in [0.2, 0.25) is 0 Å². The lowest BCUT2D eigenvalue weighted by Crippen LogP contribution is -2.67. The van der Waals surface area contributed by atoms with Crippen LogP contribution in [0.2, 0.25) is 0 Å². The highest BCUT2D eigenvalue weighted by Gasteiger charge is 2.85. The van der Waals surface area contributed by atoms with Gasteiger partial charge in [0.1, 0.15) is 73.2 Å². The second-order valence-corrected chi connectivity index (χ2v) is 23.6. The Morgan fingerprint density at radius 3 is 1.73 bits per heavy atom. The van der Waals surface area contributed by atoms with Crippen LogP contribution in [-0.2, 0) is 28.4 Å². The van der Waals surface area contributed by atoms with E-state index in [0.717, 1.165) is 32.1 Å². The van der Waals surface area contributed by atoms with Gasteiger partial charge in [0.25, 0.3) is 0 Å². The Morgan fingerprint density at radius 2 is 1.12 bits per heavy atom. The van der Waals surface area contributed by atoms with E-state index in [1.165, 1.54) is 0 Å². The van der Waals surface area contributed by atoms with Crippen LogP contribution in [0.25, 0.3) is 0 Å². The van der Waals surface area contributed by atoms with Gasteiger partial charge in [-0.2, -0.15) is 0 Å². The average molecular weight is 963 g/mol. The molecule has 0 radical (unpaired) electrons. The second kappa shape index (κ2) is 18.9. The number of ether oxygens (including phenoxy) is 6. The standard InChI is InChI=1S/C48H82O19/c1-20(2)22(52)9-8-21(3)31-23(53)14-45(6)28-11-10-27-44(4,5)30(12-13-47(27)19-48(28,47)29(54)15-46(31,45)7)65-42-38(61)39(34(57)26(18-51)63-42)66-43-40(36(59)33(56)25(17-50)64-43)67-41-37(60)35(58)32(55)24(16-49)62-41/h20-43,49-61H,8-19H2,1-7H3/t21-,22-,23-,24+,25+,26+,27-,28+,29+,30-,31+,32+,33+,34+,35-,36-,37+,38+,39-,40+,41-,42-,43-,45-,46-,47-,48+/m1/s1. The van der Waals surface area contributed by atoms with Gasteiger partial charge in [0, 0.05) is 5.41 Å². The quantitative estimate of drug-likeness (QED) is 0.0894. The number of hydrogen-bond acceptors (Lipinski definition) is 19. The summed E-state index contributed by atoms with van der Waals surface area (Å²) in [5.74, 6) is 0.621. The number of aliphatic hydroxyl groups excluding tert-OH is 13. The van der Waals surface area contributed by atoms with Crippen LogP contribution in [0.15, 0.2) is 0 Å². The van der Waals surface area contributed by atoms with Crippen molar-refractivity contribution in [3.05, 3.63) is 0 Å². The molecule has 0 aromatic rings. The highest BCUT2D eigenvalue weighted by molar-refractivity contribution is 5.33. The Balaban J connectivity index is 0.990.